The zero-order valence-electron chi connectivity index (χ0n) is 14.5. The standard InChI is InChI=1S/C18H29N3O2/c1-4-23-16-7-5-15(6-8-16)11-20(3)17(22)12-21-10-9-18(2,13-19)14-21/h5-8H,4,9-14,19H2,1-3H3. The molecule has 1 amide bonds. The lowest BCUT2D eigenvalue weighted by molar-refractivity contribution is -0.131. The van der Waals surface area contributed by atoms with Crippen LogP contribution in [0, 0.1) is 5.41 Å². The number of likely N-dealkylation sites (tertiary alicyclic amines) is 1. The fourth-order valence-corrected chi connectivity index (χ4v) is 2.96. The molecule has 0 bridgehead atoms. The van der Waals surface area contributed by atoms with E-state index in [1.807, 2.05) is 38.2 Å². The second-order valence-electron chi connectivity index (χ2n) is 6.80. The van der Waals surface area contributed by atoms with Crippen molar-refractivity contribution < 1.29 is 9.53 Å². The maximum absolute atomic E-state index is 12.4. The third-order valence-electron chi connectivity index (χ3n) is 4.57. The molecule has 1 aliphatic rings. The highest BCUT2D eigenvalue weighted by atomic mass is 16.5. The van der Waals surface area contributed by atoms with Crippen molar-refractivity contribution in [1.82, 2.24) is 9.80 Å². The lowest BCUT2D eigenvalue weighted by Crippen LogP contribution is -2.39. The molecule has 1 atom stereocenters. The van der Waals surface area contributed by atoms with Gasteiger partial charge in [0.05, 0.1) is 13.2 Å². The van der Waals surface area contributed by atoms with E-state index in [1.165, 1.54) is 0 Å². The zero-order valence-corrected chi connectivity index (χ0v) is 14.5. The molecule has 128 valence electrons. The molecule has 1 aliphatic heterocycles. The van der Waals surface area contributed by atoms with Gasteiger partial charge >= 0.3 is 0 Å². The van der Waals surface area contributed by atoms with Crippen molar-refractivity contribution in [3.63, 3.8) is 0 Å². The minimum atomic E-state index is 0.153. The Morgan fingerprint density at radius 2 is 2.09 bits per heavy atom. The van der Waals surface area contributed by atoms with Crippen molar-refractivity contribution in [2.24, 2.45) is 11.1 Å². The summed E-state index contributed by atoms with van der Waals surface area (Å²) in [6, 6.07) is 7.92. The van der Waals surface area contributed by atoms with E-state index in [0.29, 0.717) is 26.2 Å². The summed E-state index contributed by atoms with van der Waals surface area (Å²) in [5.74, 6) is 1.02. The number of nitrogens with two attached hydrogens (primary N) is 1. The molecule has 0 saturated carbocycles. The number of ether oxygens (including phenoxy) is 1. The van der Waals surface area contributed by atoms with Crippen molar-refractivity contribution >= 4 is 5.91 Å². The van der Waals surface area contributed by atoms with Crippen molar-refractivity contribution in [3.8, 4) is 5.75 Å². The first kappa shape index (κ1) is 17.8. The summed E-state index contributed by atoms with van der Waals surface area (Å²) in [7, 11) is 1.86. The monoisotopic (exact) mass is 319 g/mol. The molecular formula is C18H29N3O2. The molecule has 0 aromatic heterocycles. The van der Waals surface area contributed by atoms with Crippen molar-refractivity contribution in [3.05, 3.63) is 29.8 Å². The first-order valence-corrected chi connectivity index (χ1v) is 8.34. The van der Waals surface area contributed by atoms with E-state index in [1.54, 1.807) is 4.90 Å². The molecule has 1 fully saturated rings. The molecular weight excluding hydrogens is 290 g/mol. The van der Waals surface area contributed by atoms with E-state index in [0.717, 1.165) is 30.8 Å². The summed E-state index contributed by atoms with van der Waals surface area (Å²) in [6.45, 7) is 8.46. The van der Waals surface area contributed by atoms with E-state index < -0.39 is 0 Å². The number of rotatable bonds is 7. The van der Waals surface area contributed by atoms with Gasteiger partial charge in [-0.05, 0) is 49.5 Å². The van der Waals surface area contributed by atoms with Gasteiger partial charge in [0.1, 0.15) is 5.75 Å². The van der Waals surface area contributed by atoms with Gasteiger partial charge in [0.25, 0.3) is 0 Å². The molecule has 2 rings (SSSR count). The van der Waals surface area contributed by atoms with Crippen LogP contribution in [0.2, 0.25) is 0 Å². The lowest BCUT2D eigenvalue weighted by atomic mass is 9.90. The fourth-order valence-electron chi connectivity index (χ4n) is 2.96. The Bertz CT molecular complexity index is 518. The maximum Gasteiger partial charge on any atom is 0.236 e. The summed E-state index contributed by atoms with van der Waals surface area (Å²) < 4.78 is 5.43. The molecule has 5 heteroatoms. The first-order chi connectivity index (χ1) is 11.0. The quantitative estimate of drug-likeness (QED) is 0.831. The highest BCUT2D eigenvalue weighted by Gasteiger charge is 2.33. The Morgan fingerprint density at radius 3 is 2.65 bits per heavy atom. The van der Waals surface area contributed by atoms with Gasteiger partial charge in [0, 0.05) is 20.1 Å². The normalized spacial score (nSPS) is 21.4. The van der Waals surface area contributed by atoms with Crippen LogP contribution in [0.3, 0.4) is 0 Å². The van der Waals surface area contributed by atoms with Gasteiger partial charge in [-0.1, -0.05) is 19.1 Å². The van der Waals surface area contributed by atoms with Crippen LogP contribution < -0.4 is 10.5 Å². The molecule has 1 heterocycles. The van der Waals surface area contributed by atoms with E-state index in [2.05, 4.69) is 11.8 Å². The Labute approximate surface area is 139 Å². The molecule has 2 N–H and O–H groups in total. The van der Waals surface area contributed by atoms with Crippen LogP contribution in [0.4, 0.5) is 0 Å². The Hall–Kier alpha value is -1.59. The third-order valence-corrected chi connectivity index (χ3v) is 4.57. The summed E-state index contributed by atoms with van der Waals surface area (Å²) in [5.41, 5.74) is 7.09. The van der Waals surface area contributed by atoms with Gasteiger partial charge in [-0.2, -0.15) is 0 Å². The average Bonchev–Trinajstić information content (AvgIpc) is 2.91. The average molecular weight is 319 g/mol. The Morgan fingerprint density at radius 1 is 1.39 bits per heavy atom. The summed E-state index contributed by atoms with van der Waals surface area (Å²) in [6.07, 6.45) is 1.07. The van der Waals surface area contributed by atoms with Crippen LogP contribution in [0.25, 0.3) is 0 Å². The van der Waals surface area contributed by atoms with Gasteiger partial charge in [-0.3, -0.25) is 9.69 Å². The highest BCUT2D eigenvalue weighted by molar-refractivity contribution is 5.78. The largest absolute Gasteiger partial charge is 0.494 e. The van der Waals surface area contributed by atoms with E-state index >= 15 is 0 Å². The molecule has 23 heavy (non-hydrogen) atoms. The van der Waals surface area contributed by atoms with Gasteiger partial charge in [-0.25, -0.2) is 0 Å². The minimum absolute atomic E-state index is 0.153. The second kappa shape index (κ2) is 7.79. The third kappa shape index (κ3) is 4.94. The number of hydrogen-bond acceptors (Lipinski definition) is 4. The number of benzene rings is 1. The molecule has 0 radical (unpaired) electrons. The summed E-state index contributed by atoms with van der Waals surface area (Å²) >= 11 is 0. The zero-order chi connectivity index (χ0) is 16.9. The smallest absolute Gasteiger partial charge is 0.236 e. The van der Waals surface area contributed by atoms with E-state index in [-0.39, 0.29) is 11.3 Å². The van der Waals surface area contributed by atoms with Gasteiger partial charge in [0.2, 0.25) is 5.91 Å². The van der Waals surface area contributed by atoms with E-state index in [4.69, 9.17) is 10.5 Å². The Kier molecular flexibility index (Phi) is 6.02. The molecule has 1 aromatic carbocycles. The minimum Gasteiger partial charge on any atom is -0.494 e. The summed E-state index contributed by atoms with van der Waals surface area (Å²) in [5, 5.41) is 0. The van der Waals surface area contributed by atoms with Crippen LogP contribution in [0.5, 0.6) is 5.75 Å². The van der Waals surface area contributed by atoms with Crippen LogP contribution in [0.1, 0.15) is 25.8 Å². The van der Waals surface area contributed by atoms with E-state index in [9.17, 15) is 4.79 Å². The van der Waals surface area contributed by atoms with Crippen LogP contribution in [-0.4, -0.2) is 55.5 Å². The predicted octanol–water partition coefficient (Wildman–Crippen LogP) is 1.71. The summed E-state index contributed by atoms with van der Waals surface area (Å²) in [4.78, 5) is 16.4. The van der Waals surface area contributed by atoms with Gasteiger partial charge in [-0.15, -0.1) is 0 Å². The predicted molar refractivity (Wildman–Crippen MR) is 92.3 cm³/mol. The number of hydrogen-bond donors (Lipinski definition) is 1. The molecule has 1 unspecified atom stereocenters. The SMILES string of the molecule is CCOc1ccc(CN(C)C(=O)CN2CCC(C)(CN)C2)cc1. The van der Waals surface area contributed by atoms with Crippen molar-refractivity contribution in [2.45, 2.75) is 26.8 Å². The maximum atomic E-state index is 12.4. The first-order valence-electron chi connectivity index (χ1n) is 8.34. The van der Waals surface area contributed by atoms with Crippen molar-refractivity contribution in [2.75, 3.05) is 39.8 Å². The van der Waals surface area contributed by atoms with Crippen LogP contribution in [0.15, 0.2) is 24.3 Å². The van der Waals surface area contributed by atoms with Gasteiger partial charge < -0.3 is 15.4 Å². The number of carbonyl (C=O) groups is 1. The number of likely N-dealkylation sites (N-methyl/N-ethyl adjacent to an activating group) is 1. The van der Waals surface area contributed by atoms with Crippen LogP contribution in [-0.2, 0) is 11.3 Å². The number of amides is 1. The van der Waals surface area contributed by atoms with Gasteiger partial charge in [0.15, 0.2) is 0 Å². The highest BCUT2D eigenvalue weighted by Crippen LogP contribution is 2.28. The molecule has 0 spiro atoms. The van der Waals surface area contributed by atoms with Crippen LogP contribution >= 0.6 is 0 Å². The molecule has 5 nitrogen and oxygen atoms in total. The second-order valence-corrected chi connectivity index (χ2v) is 6.80. The molecule has 1 saturated heterocycles. The number of nitrogens with zero attached hydrogens (tertiary/aromatic N) is 2. The Balaban J connectivity index is 1.83. The molecule has 1 aromatic rings. The lowest BCUT2D eigenvalue weighted by Gasteiger charge is -2.24. The fraction of sp³-hybridized carbons (Fsp3) is 0.611. The molecule has 0 aliphatic carbocycles. The number of carbonyl (C=O) groups excluding carboxylic acids is 1. The topological polar surface area (TPSA) is 58.8 Å². The van der Waals surface area contributed by atoms with Crippen molar-refractivity contribution in [1.29, 1.82) is 0 Å².